The number of aromatic amines is 1. The van der Waals surface area contributed by atoms with Crippen LogP contribution in [0.5, 0.6) is 17.4 Å². The summed E-state index contributed by atoms with van der Waals surface area (Å²) in [7, 11) is 3.10. The van der Waals surface area contributed by atoms with Crippen molar-refractivity contribution >= 4 is 15.9 Å². The maximum atomic E-state index is 12.8. The molecule has 0 saturated heterocycles. The topological polar surface area (TPSA) is 106 Å². The zero-order valence-corrected chi connectivity index (χ0v) is 17.9. The second kappa shape index (κ2) is 8.00. The van der Waals surface area contributed by atoms with Gasteiger partial charge in [0.05, 0.1) is 31.5 Å². The molecule has 156 valence electrons. The molecule has 1 aromatic heterocycles. The number of halogens is 1. The van der Waals surface area contributed by atoms with Gasteiger partial charge in [-0.3, -0.25) is 9.78 Å². The highest BCUT2D eigenvalue weighted by Gasteiger charge is 2.30. The van der Waals surface area contributed by atoms with Gasteiger partial charge >= 0.3 is 5.69 Å². The summed E-state index contributed by atoms with van der Waals surface area (Å²) in [6.07, 6.45) is 0.719. The van der Waals surface area contributed by atoms with Gasteiger partial charge in [-0.15, -0.1) is 0 Å². The van der Waals surface area contributed by atoms with E-state index in [9.17, 15) is 14.7 Å². The molecule has 1 aliphatic heterocycles. The Bertz CT molecular complexity index is 1220. The normalized spacial score (nSPS) is 15.5. The van der Waals surface area contributed by atoms with E-state index in [0.29, 0.717) is 23.7 Å². The Morgan fingerprint density at radius 1 is 1.10 bits per heavy atom. The molecule has 8 nitrogen and oxygen atoms in total. The summed E-state index contributed by atoms with van der Waals surface area (Å²) >= 11 is 3.35. The number of nitrogens with zero attached hydrogens (tertiary/aromatic N) is 1. The van der Waals surface area contributed by atoms with Gasteiger partial charge in [0.15, 0.2) is 11.5 Å². The average molecular weight is 474 g/mol. The fraction of sp³-hybridized carbons (Fsp3) is 0.238. The quantitative estimate of drug-likeness (QED) is 0.536. The van der Waals surface area contributed by atoms with E-state index in [1.165, 1.54) is 7.11 Å². The number of fused-ring (bicyclic) bond motifs is 1. The number of hydrogen-bond acceptors (Lipinski definition) is 6. The summed E-state index contributed by atoms with van der Waals surface area (Å²) in [5, 5.41) is 14.3. The Labute approximate surface area is 180 Å². The fourth-order valence-corrected chi connectivity index (χ4v) is 4.03. The molecule has 0 unspecified atom stereocenters. The molecule has 3 aromatic rings. The number of rotatable bonds is 4. The molecule has 0 bridgehead atoms. The van der Waals surface area contributed by atoms with Crippen LogP contribution < -0.4 is 26.0 Å². The lowest BCUT2D eigenvalue weighted by Gasteiger charge is -2.28. The maximum Gasteiger partial charge on any atom is 0.335 e. The third kappa shape index (κ3) is 3.40. The lowest BCUT2D eigenvalue weighted by atomic mass is 9.90. The zero-order chi connectivity index (χ0) is 21.4. The number of benzene rings is 2. The molecule has 0 fully saturated rings. The van der Waals surface area contributed by atoms with E-state index in [2.05, 4.69) is 26.2 Å². The summed E-state index contributed by atoms with van der Waals surface area (Å²) in [6, 6.07) is 9.87. The molecule has 30 heavy (non-hydrogen) atoms. The van der Waals surface area contributed by atoms with Crippen LogP contribution in [0, 0.1) is 0 Å². The second-order valence-corrected chi connectivity index (χ2v) is 7.77. The van der Waals surface area contributed by atoms with Gasteiger partial charge < -0.3 is 19.9 Å². The lowest BCUT2D eigenvalue weighted by molar-refractivity contribution is 0.352. The molecule has 1 atom stereocenters. The monoisotopic (exact) mass is 473 g/mol. The zero-order valence-electron chi connectivity index (χ0n) is 16.4. The number of nitrogens with one attached hydrogen (secondary N) is 2. The second-order valence-electron chi connectivity index (χ2n) is 6.85. The van der Waals surface area contributed by atoms with E-state index in [0.717, 1.165) is 26.6 Å². The first-order valence-corrected chi connectivity index (χ1v) is 10.1. The van der Waals surface area contributed by atoms with Gasteiger partial charge in [-0.25, -0.2) is 9.36 Å². The van der Waals surface area contributed by atoms with Gasteiger partial charge in [0.2, 0.25) is 5.88 Å². The van der Waals surface area contributed by atoms with Crippen molar-refractivity contribution in [2.45, 2.75) is 12.5 Å². The van der Waals surface area contributed by atoms with Crippen molar-refractivity contribution < 1.29 is 14.6 Å². The van der Waals surface area contributed by atoms with Crippen LogP contribution in [0.1, 0.15) is 22.7 Å². The van der Waals surface area contributed by atoms with Crippen molar-refractivity contribution in [2.24, 2.45) is 0 Å². The van der Waals surface area contributed by atoms with Gasteiger partial charge in [0, 0.05) is 11.0 Å². The van der Waals surface area contributed by atoms with E-state index in [4.69, 9.17) is 9.47 Å². The molecule has 0 saturated carbocycles. The number of H-pyrrole nitrogens is 1. The highest BCUT2D eigenvalue weighted by molar-refractivity contribution is 9.10. The SMILES string of the molecule is COc1cc2c(cc1OC)[C@H](c1c(O)n(-c3ccc(Br)cc3)c(=O)[nH]c1=O)NCC2. The van der Waals surface area contributed by atoms with E-state index in [-0.39, 0.29) is 5.56 Å². The number of aromatic hydroxyl groups is 1. The van der Waals surface area contributed by atoms with Gasteiger partial charge in [0.1, 0.15) is 0 Å². The van der Waals surface area contributed by atoms with Crippen LogP contribution in [0.25, 0.3) is 5.69 Å². The predicted octanol–water partition coefficient (Wildman–Crippen LogP) is 2.25. The van der Waals surface area contributed by atoms with Crippen molar-refractivity contribution in [1.82, 2.24) is 14.9 Å². The molecule has 3 N–H and O–H groups in total. The van der Waals surface area contributed by atoms with Gasteiger partial charge in [0.25, 0.3) is 5.56 Å². The summed E-state index contributed by atoms with van der Waals surface area (Å²) in [4.78, 5) is 27.6. The largest absolute Gasteiger partial charge is 0.494 e. The number of ether oxygens (including phenoxy) is 2. The van der Waals surface area contributed by atoms with Crippen molar-refractivity contribution in [2.75, 3.05) is 20.8 Å². The molecule has 0 radical (unpaired) electrons. The van der Waals surface area contributed by atoms with E-state index in [1.807, 2.05) is 6.07 Å². The molecule has 2 heterocycles. The highest BCUT2D eigenvalue weighted by atomic mass is 79.9. The first-order valence-electron chi connectivity index (χ1n) is 9.27. The van der Waals surface area contributed by atoms with Crippen molar-refractivity contribution in [1.29, 1.82) is 0 Å². The summed E-state index contributed by atoms with van der Waals surface area (Å²) < 4.78 is 12.7. The summed E-state index contributed by atoms with van der Waals surface area (Å²) in [5.74, 6) is 0.697. The Kier molecular flexibility index (Phi) is 5.40. The Morgan fingerprint density at radius 2 is 1.77 bits per heavy atom. The average Bonchev–Trinajstić information content (AvgIpc) is 2.73. The molecule has 1 aliphatic rings. The van der Waals surface area contributed by atoms with E-state index >= 15 is 0 Å². The van der Waals surface area contributed by atoms with Crippen LogP contribution in [-0.2, 0) is 6.42 Å². The summed E-state index contributed by atoms with van der Waals surface area (Å²) in [6.45, 7) is 0.587. The van der Waals surface area contributed by atoms with E-state index < -0.39 is 23.2 Å². The minimum atomic E-state index is -0.716. The van der Waals surface area contributed by atoms with Crippen molar-refractivity contribution in [3.8, 4) is 23.1 Å². The first kappa shape index (κ1) is 20.2. The van der Waals surface area contributed by atoms with Crippen LogP contribution in [0.4, 0.5) is 0 Å². The van der Waals surface area contributed by atoms with Gasteiger partial charge in [-0.1, -0.05) is 15.9 Å². The van der Waals surface area contributed by atoms with Gasteiger partial charge in [-0.05, 0) is 53.9 Å². The fourth-order valence-electron chi connectivity index (χ4n) is 3.77. The lowest BCUT2D eigenvalue weighted by Crippen LogP contribution is -2.38. The molecule has 9 heteroatoms. The van der Waals surface area contributed by atoms with Crippen LogP contribution in [0.3, 0.4) is 0 Å². The Hall–Kier alpha value is -3.04. The minimum Gasteiger partial charge on any atom is -0.494 e. The molecule has 0 amide bonds. The standard InChI is InChI=1S/C21H20BrN3O5/c1-29-15-9-11-7-8-23-18(14(11)10-16(15)30-2)17-19(26)24-21(28)25(20(17)27)13-5-3-12(22)4-6-13/h3-6,9-10,18,23,27H,7-8H2,1-2H3,(H,24,26,28)/t18-/m1/s1. The molecule has 0 aliphatic carbocycles. The van der Waals surface area contributed by atoms with Crippen molar-refractivity contribution in [3.05, 3.63) is 78.4 Å². The van der Waals surface area contributed by atoms with Crippen LogP contribution in [0.2, 0.25) is 0 Å². The van der Waals surface area contributed by atoms with Crippen LogP contribution in [0.15, 0.2) is 50.5 Å². The smallest absolute Gasteiger partial charge is 0.335 e. The van der Waals surface area contributed by atoms with E-state index in [1.54, 1.807) is 37.4 Å². The van der Waals surface area contributed by atoms with Crippen LogP contribution >= 0.6 is 15.9 Å². The Balaban J connectivity index is 1.93. The molecular weight excluding hydrogens is 454 g/mol. The summed E-state index contributed by atoms with van der Waals surface area (Å²) in [5.41, 5.74) is 0.877. The Morgan fingerprint density at radius 3 is 2.43 bits per heavy atom. The molecule has 0 spiro atoms. The number of hydrogen-bond donors (Lipinski definition) is 3. The van der Waals surface area contributed by atoms with Gasteiger partial charge in [-0.2, -0.15) is 0 Å². The first-order chi connectivity index (χ1) is 14.4. The molecular formula is C21H20BrN3O5. The van der Waals surface area contributed by atoms with Crippen molar-refractivity contribution in [3.63, 3.8) is 0 Å². The third-order valence-corrected chi connectivity index (χ3v) is 5.72. The van der Waals surface area contributed by atoms with Crippen LogP contribution in [-0.4, -0.2) is 35.4 Å². The molecule has 2 aromatic carbocycles. The predicted molar refractivity (Wildman–Crippen MR) is 115 cm³/mol. The third-order valence-electron chi connectivity index (χ3n) is 5.19. The molecule has 4 rings (SSSR count). The number of aromatic nitrogens is 2. The maximum absolute atomic E-state index is 12.8. The highest BCUT2D eigenvalue weighted by Crippen LogP contribution is 2.38. The minimum absolute atomic E-state index is 0.0608. The number of methoxy groups -OCH3 is 2.